The molecule has 0 aliphatic heterocycles. The summed E-state index contributed by atoms with van der Waals surface area (Å²) in [6.45, 7) is -0.440. The van der Waals surface area contributed by atoms with Crippen molar-refractivity contribution in [2.45, 2.75) is 6.43 Å². The molecule has 1 aromatic rings. The highest BCUT2D eigenvalue weighted by Gasteiger charge is 2.15. The molecule has 0 spiro atoms. The number of nitrogen functional groups attached to an aromatic ring is 1. The second-order valence-corrected chi connectivity index (χ2v) is 2.89. The number of aromatic nitrogens is 2. The zero-order valence-corrected chi connectivity index (χ0v) is 8.44. The fourth-order valence-electron chi connectivity index (χ4n) is 1.13. The molecule has 2 N–H and O–H groups in total. The standard InChI is InChI=1S/C8H12F2N4O/c1-14(3-5(9)10)7-6(11)8(15-2)13-4-12-7/h4-5H,3,11H2,1-2H3. The fourth-order valence-corrected chi connectivity index (χ4v) is 1.13. The Morgan fingerprint density at radius 3 is 2.73 bits per heavy atom. The Morgan fingerprint density at radius 1 is 1.53 bits per heavy atom. The Kier molecular flexibility index (Phi) is 3.59. The van der Waals surface area contributed by atoms with E-state index in [1.807, 2.05) is 0 Å². The smallest absolute Gasteiger partial charge is 0.255 e. The van der Waals surface area contributed by atoms with Gasteiger partial charge < -0.3 is 15.4 Å². The van der Waals surface area contributed by atoms with Gasteiger partial charge in [0.25, 0.3) is 6.43 Å². The van der Waals surface area contributed by atoms with E-state index in [9.17, 15) is 8.78 Å². The van der Waals surface area contributed by atoms with E-state index >= 15 is 0 Å². The molecule has 1 aromatic heterocycles. The van der Waals surface area contributed by atoms with Gasteiger partial charge in [0.1, 0.15) is 12.0 Å². The minimum Gasteiger partial charge on any atom is -0.479 e. The van der Waals surface area contributed by atoms with Crippen LogP contribution in [0.15, 0.2) is 6.33 Å². The van der Waals surface area contributed by atoms with E-state index in [0.717, 1.165) is 0 Å². The maximum atomic E-state index is 12.1. The van der Waals surface area contributed by atoms with Gasteiger partial charge in [-0.2, -0.15) is 4.98 Å². The highest BCUT2D eigenvalue weighted by molar-refractivity contribution is 5.67. The molecular weight excluding hydrogens is 206 g/mol. The molecule has 0 unspecified atom stereocenters. The van der Waals surface area contributed by atoms with Gasteiger partial charge in [-0.15, -0.1) is 0 Å². The first-order valence-corrected chi connectivity index (χ1v) is 4.20. The lowest BCUT2D eigenvalue weighted by Crippen LogP contribution is -2.26. The van der Waals surface area contributed by atoms with E-state index in [4.69, 9.17) is 10.5 Å². The van der Waals surface area contributed by atoms with Crippen LogP contribution in [0.2, 0.25) is 0 Å². The number of alkyl halides is 2. The quantitative estimate of drug-likeness (QED) is 0.808. The fraction of sp³-hybridized carbons (Fsp3) is 0.500. The molecule has 0 saturated heterocycles. The van der Waals surface area contributed by atoms with Gasteiger partial charge in [-0.25, -0.2) is 13.8 Å². The maximum absolute atomic E-state index is 12.1. The molecule has 0 aliphatic carbocycles. The number of rotatable bonds is 4. The first kappa shape index (κ1) is 11.4. The molecule has 1 rings (SSSR count). The van der Waals surface area contributed by atoms with Crippen molar-refractivity contribution in [3.63, 3.8) is 0 Å². The number of anilines is 2. The van der Waals surface area contributed by atoms with Crippen LogP contribution in [0.5, 0.6) is 5.88 Å². The predicted molar refractivity (Wildman–Crippen MR) is 52.3 cm³/mol. The normalized spacial score (nSPS) is 10.5. The summed E-state index contributed by atoms with van der Waals surface area (Å²) < 4.78 is 29.1. The molecule has 7 heteroatoms. The van der Waals surface area contributed by atoms with E-state index in [-0.39, 0.29) is 17.4 Å². The Balaban J connectivity index is 2.93. The highest BCUT2D eigenvalue weighted by atomic mass is 19.3. The SMILES string of the molecule is COc1ncnc(N(C)CC(F)F)c1N. The van der Waals surface area contributed by atoms with Gasteiger partial charge in [0, 0.05) is 7.05 Å². The number of nitrogens with zero attached hydrogens (tertiary/aromatic N) is 3. The van der Waals surface area contributed by atoms with Gasteiger partial charge in [-0.1, -0.05) is 0 Å². The predicted octanol–water partition coefficient (Wildman–Crippen LogP) is 0.769. The van der Waals surface area contributed by atoms with Gasteiger partial charge in [-0.3, -0.25) is 0 Å². The average molecular weight is 218 g/mol. The third-order valence-corrected chi connectivity index (χ3v) is 1.79. The number of halogens is 2. The van der Waals surface area contributed by atoms with Crippen molar-refractivity contribution in [3.8, 4) is 5.88 Å². The van der Waals surface area contributed by atoms with E-state index in [1.165, 1.54) is 25.4 Å². The summed E-state index contributed by atoms with van der Waals surface area (Å²) in [4.78, 5) is 8.82. The van der Waals surface area contributed by atoms with Gasteiger partial charge in [0.2, 0.25) is 5.88 Å². The van der Waals surface area contributed by atoms with Crippen molar-refractivity contribution < 1.29 is 13.5 Å². The molecule has 0 saturated carbocycles. The first-order chi connectivity index (χ1) is 7.06. The van der Waals surface area contributed by atoms with Crippen molar-refractivity contribution in [1.29, 1.82) is 0 Å². The molecule has 0 amide bonds. The summed E-state index contributed by atoms with van der Waals surface area (Å²) in [5.41, 5.74) is 5.79. The van der Waals surface area contributed by atoms with E-state index in [1.54, 1.807) is 0 Å². The zero-order valence-electron chi connectivity index (χ0n) is 8.44. The van der Waals surface area contributed by atoms with Crippen molar-refractivity contribution >= 4 is 11.5 Å². The van der Waals surface area contributed by atoms with Crippen LogP contribution in [0.4, 0.5) is 20.3 Å². The van der Waals surface area contributed by atoms with Gasteiger partial charge in [0.05, 0.1) is 13.7 Å². The molecule has 5 nitrogen and oxygen atoms in total. The number of hydrogen-bond donors (Lipinski definition) is 1. The lowest BCUT2D eigenvalue weighted by Gasteiger charge is -2.19. The topological polar surface area (TPSA) is 64.3 Å². The van der Waals surface area contributed by atoms with Crippen molar-refractivity contribution in [2.75, 3.05) is 31.3 Å². The Bertz CT molecular complexity index is 334. The lowest BCUT2D eigenvalue weighted by atomic mass is 10.4. The molecule has 84 valence electrons. The number of ether oxygens (including phenoxy) is 1. The molecule has 0 aromatic carbocycles. The lowest BCUT2D eigenvalue weighted by molar-refractivity contribution is 0.156. The maximum Gasteiger partial charge on any atom is 0.255 e. The highest BCUT2D eigenvalue weighted by Crippen LogP contribution is 2.26. The van der Waals surface area contributed by atoms with E-state index < -0.39 is 13.0 Å². The largest absolute Gasteiger partial charge is 0.479 e. The van der Waals surface area contributed by atoms with E-state index in [2.05, 4.69) is 9.97 Å². The van der Waals surface area contributed by atoms with Crippen molar-refractivity contribution in [1.82, 2.24) is 9.97 Å². The summed E-state index contributed by atoms with van der Waals surface area (Å²) in [5.74, 6) is 0.420. The van der Waals surface area contributed by atoms with E-state index in [0.29, 0.717) is 0 Å². The molecule has 0 bridgehead atoms. The number of methoxy groups -OCH3 is 1. The van der Waals surface area contributed by atoms with Crippen LogP contribution < -0.4 is 15.4 Å². The second kappa shape index (κ2) is 4.72. The minimum absolute atomic E-state index is 0.156. The Morgan fingerprint density at radius 2 is 2.20 bits per heavy atom. The second-order valence-electron chi connectivity index (χ2n) is 2.89. The summed E-state index contributed by atoms with van der Waals surface area (Å²) >= 11 is 0. The van der Waals surface area contributed by atoms with Crippen LogP contribution in [0.1, 0.15) is 0 Å². The minimum atomic E-state index is -2.45. The van der Waals surface area contributed by atoms with Gasteiger partial charge >= 0.3 is 0 Å². The summed E-state index contributed by atoms with van der Waals surface area (Å²) in [6.07, 6.45) is -1.23. The van der Waals surface area contributed by atoms with Crippen LogP contribution in [-0.2, 0) is 0 Å². The molecule has 0 radical (unpaired) electrons. The summed E-state index contributed by atoms with van der Waals surface area (Å²) in [7, 11) is 2.87. The van der Waals surface area contributed by atoms with Gasteiger partial charge in [-0.05, 0) is 0 Å². The molecule has 0 fully saturated rings. The molecule has 15 heavy (non-hydrogen) atoms. The van der Waals surface area contributed by atoms with Crippen molar-refractivity contribution in [3.05, 3.63) is 6.33 Å². The van der Waals surface area contributed by atoms with Gasteiger partial charge in [0.15, 0.2) is 5.82 Å². The van der Waals surface area contributed by atoms with Crippen LogP contribution in [0.25, 0.3) is 0 Å². The summed E-state index contributed by atoms with van der Waals surface area (Å²) in [5, 5.41) is 0. The third-order valence-electron chi connectivity index (χ3n) is 1.79. The summed E-state index contributed by atoms with van der Waals surface area (Å²) in [6, 6.07) is 0. The van der Waals surface area contributed by atoms with Crippen LogP contribution in [0, 0.1) is 0 Å². The zero-order chi connectivity index (χ0) is 11.4. The van der Waals surface area contributed by atoms with Crippen LogP contribution in [-0.4, -0.2) is 37.1 Å². The average Bonchev–Trinajstić information content (AvgIpc) is 2.17. The monoisotopic (exact) mass is 218 g/mol. The van der Waals surface area contributed by atoms with Crippen molar-refractivity contribution in [2.24, 2.45) is 0 Å². The van der Waals surface area contributed by atoms with Crippen LogP contribution in [0.3, 0.4) is 0 Å². The number of nitrogens with two attached hydrogens (primary N) is 1. The third kappa shape index (κ3) is 2.64. The Hall–Kier alpha value is -1.66. The molecule has 0 atom stereocenters. The Labute approximate surface area is 85.9 Å². The number of hydrogen-bond acceptors (Lipinski definition) is 5. The van der Waals surface area contributed by atoms with Crippen LogP contribution >= 0.6 is 0 Å². The molecule has 0 aliphatic rings. The molecule has 1 heterocycles. The first-order valence-electron chi connectivity index (χ1n) is 4.20. The molecular formula is C8H12F2N4O.